The van der Waals surface area contributed by atoms with Crippen molar-refractivity contribution in [3.8, 4) is 0 Å². The number of rotatable bonds is 6. The van der Waals surface area contributed by atoms with Crippen LogP contribution in [0.5, 0.6) is 0 Å². The van der Waals surface area contributed by atoms with Crippen molar-refractivity contribution in [1.82, 2.24) is 0 Å². The average Bonchev–Trinajstić information content (AvgIpc) is 2.81. The molecular weight excluding hydrogens is 228 g/mol. The molecular formula is C10H14F4S. The molecule has 0 aliphatic heterocycles. The summed E-state index contributed by atoms with van der Waals surface area (Å²) >= 11 is 1.29. The molecule has 0 nitrogen and oxygen atoms in total. The molecule has 0 aromatic heterocycles. The summed E-state index contributed by atoms with van der Waals surface area (Å²) in [5.74, 6) is 0.816. The van der Waals surface area contributed by atoms with Gasteiger partial charge in [0.15, 0.2) is 0 Å². The largest absolute Gasteiger partial charge is 0.389 e. The molecule has 0 unspecified atom stereocenters. The van der Waals surface area contributed by atoms with Crippen LogP contribution in [0, 0.1) is 11.8 Å². The summed E-state index contributed by atoms with van der Waals surface area (Å²) in [7, 11) is 0. The number of alkyl halides is 3. The Morgan fingerprint density at radius 2 is 2.00 bits per heavy atom. The molecule has 0 bridgehead atoms. The van der Waals surface area contributed by atoms with Crippen LogP contribution in [-0.2, 0) is 0 Å². The van der Waals surface area contributed by atoms with Gasteiger partial charge in [0.2, 0.25) is 0 Å². The lowest BCUT2D eigenvalue weighted by Crippen LogP contribution is -2.08. The number of thioether (sulfide) groups is 1. The van der Waals surface area contributed by atoms with E-state index < -0.39 is 12.6 Å². The zero-order valence-corrected chi connectivity index (χ0v) is 9.13. The van der Waals surface area contributed by atoms with E-state index in [0.29, 0.717) is 11.7 Å². The molecule has 0 saturated heterocycles. The Morgan fingerprint density at radius 1 is 1.33 bits per heavy atom. The van der Waals surface area contributed by atoms with E-state index in [4.69, 9.17) is 0 Å². The van der Waals surface area contributed by atoms with Crippen molar-refractivity contribution in [2.45, 2.75) is 25.4 Å². The van der Waals surface area contributed by atoms with Crippen molar-refractivity contribution >= 4 is 11.8 Å². The summed E-state index contributed by atoms with van der Waals surface area (Å²) < 4.78 is 47.8. The summed E-state index contributed by atoms with van der Waals surface area (Å²) in [6.45, 7) is 3.22. The Hall–Kier alpha value is -0.190. The molecule has 0 spiro atoms. The van der Waals surface area contributed by atoms with Crippen molar-refractivity contribution in [1.29, 1.82) is 0 Å². The van der Waals surface area contributed by atoms with Crippen molar-refractivity contribution in [2.24, 2.45) is 11.8 Å². The molecule has 1 rings (SSSR count). The summed E-state index contributed by atoms with van der Waals surface area (Å²) in [6, 6.07) is 0. The highest BCUT2D eigenvalue weighted by atomic mass is 32.2. The van der Waals surface area contributed by atoms with E-state index in [1.165, 1.54) is 11.8 Å². The molecule has 5 heteroatoms. The number of allylic oxidation sites excluding steroid dienone is 1. The van der Waals surface area contributed by atoms with Crippen molar-refractivity contribution < 1.29 is 17.6 Å². The third-order valence-electron chi connectivity index (χ3n) is 2.49. The van der Waals surface area contributed by atoms with Crippen LogP contribution < -0.4 is 0 Å². The van der Waals surface area contributed by atoms with Crippen LogP contribution in [0.3, 0.4) is 0 Å². The van der Waals surface area contributed by atoms with Gasteiger partial charge in [0.05, 0.1) is 12.2 Å². The fourth-order valence-electron chi connectivity index (χ4n) is 1.47. The van der Waals surface area contributed by atoms with E-state index in [-0.39, 0.29) is 17.5 Å². The molecule has 0 radical (unpaired) electrons. The Bertz CT molecular complexity index is 224. The van der Waals surface area contributed by atoms with E-state index in [9.17, 15) is 17.6 Å². The van der Waals surface area contributed by atoms with E-state index in [2.05, 4.69) is 6.58 Å². The highest BCUT2D eigenvalue weighted by molar-refractivity contribution is 7.99. The van der Waals surface area contributed by atoms with Crippen LogP contribution in [0.4, 0.5) is 17.6 Å². The standard InChI is InChI=1S/C10H14F4S/c1-7(11)9-6-8(9)2-4-15-5-3-10(12,13)14/h8-9H,1-6H2/t8-,9-/m0/s1. The fourth-order valence-corrected chi connectivity index (χ4v) is 2.52. The maximum atomic E-state index is 12.5. The topological polar surface area (TPSA) is 0 Å². The third kappa shape index (κ3) is 5.44. The van der Waals surface area contributed by atoms with Crippen LogP contribution in [0.1, 0.15) is 19.3 Å². The highest BCUT2D eigenvalue weighted by Crippen LogP contribution is 2.46. The first-order valence-electron chi connectivity index (χ1n) is 4.89. The maximum absolute atomic E-state index is 12.5. The molecule has 0 N–H and O–H groups in total. The van der Waals surface area contributed by atoms with Gasteiger partial charge in [0.1, 0.15) is 0 Å². The minimum absolute atomic E-state index is 0.0202. The predicted molar refractivity (Wildman–Crippen MR) is 54.5 cm³/mol. The van der Waals surface area contributed by atoms with Crippen molar-refractivity contribution in [3.63, 3.8) is 0 Å². The molecule has 0 aromatic carbocycles. The van der Waals surface area contributed by atoms with E-state index in [1.807, 2.05) is 0 Å². The lowest BCUT2D eigenvalue weighted by molar-refractivity contribution is -0.129. The van der Waals surface area contributed by atoms with Gasteiger partial charge in [-0.25, -0.2) is 4.39 Å². The average molecular weight is 242 g/mol. The fraction of sp³-hybridized carbons (Fsp3) is 0.800. The highest BCUT2D eigenvalue weighted by Gasteiger charge is 2.38. The van der Waals surface area contributed by atoms with Gasteiger partial charge in [0, 0.05) is 11.7 Å². The number of halogens is 4. The normalized spacial score (nSPS) is 25.3. The molecule has 1 aliphatic rings. The van der Waals surface area contributed by atoms with Gasteiger partial charge in [-0.15, -0.1) is 0 Å². The molecule has 0 aromatic rings. The molecule has 15 heavy (non-hydrogen) atoms. The second kappa shape index (κ2) is 5.23. The van der Waals surface area contributed by atoms with Crippen LogP contribution >= 0.6 is 11.8 Å². The van der Waals surface area contributed by atoms with Crippen LogP contribution in [0.25, 0.3) is 0 Å². The Labute approximate surface area is 91.1 Å². The van der Waals surface area contributed by atoms with Crippen LogP contribution in [0.15, 0.2) is 12.4 Å². The SMILES string of the molecule is C=C(F)[C@@H]1C[C@@H]1CCSCCC(F)(F)F. The number of hydrogen-bond acceptors (Lipinski definition) is 1. The number of hydrogen-bond donors (Lipinski definition) is 0. The van der Waals surface area contributed by atoms with E-state index in [1.54, 1.807) is 0 Å². The molecule has 1 saturated carbocycles. The second-order valence-electron chi connectivity index (χ2n) is 3.82. The van der Waals surface area contributed by atoms with E-state index >= 15 is 0 Å². The zero-order valence-electron chi connectivity index (χ0n) is 8.32. The monoisotopic (exact) mass is 242 g/mol. The smallest absolute Gasteiger partial charge is 0.212 e. The van der Waals surface area contributed by atoms with Crippen LogP contribution in [-0.4, -0.2) is 17.7 Å². The van der Waals surface area contributed by atoms with Gasteiger partial charge in [-0.05, 0) is 24.5 Å². The predicted octanol–water partition coefficient (Wildman–Crippen LogP) is 4.18. The van der Waals surface area contributed by atoms with Gasteiger partial charge in [-0.1, -0.05) is 6.58 Å². The van der Waals surface area contributed by atoms with Gasteiger partial charge in [-0.2, -0.15) is 24.9 Å². The lowest BCUT2D eigenvalue weighted by Gasteiger charge is -2.05. The Balaban J connectivity index is 1.93. The summed E-state index contributed by atoms with van der Waals surface area (Å²) in [6.07, 6.45) is -3.17. The quantitative estimate of drug-likeness (QED) is 0.497. The first-order chi connectivity index (χ1) is 6.90. The summed E-state index contributed by atoms with van der Waals surface area (Å²) in [5, 5.41) is 0. The minimum Gasteiger partial charge on any atom is -0.212 e. The maximum Gasteiger partial charge on any atom is 0.389 e. The van der Waals surface area contributed by atoms with Crippen LogP contribution in [0.2, 0.25) is 0 Å². The summed E-state index contributed by atoms with van der Waals surface area (Å²) in [4.78, 5) is 0. The van der Waals surface area contributed by atoms with Gasteiger partial charge < -0.3 is 0 Å². The summed E-state index contributed by atoms with van der Waals surface area (Å²) in [5.41, 5.74) is 0. The Morgan fingerprint density at radius 3 is 2.47 bits per heavy atom. The van der Waals surface area contributed by atoms with Crippen molar-refractivity contribution in [3.05, 3.63) is 12.4 Å². The zero-order chi connectivity index (χ0) is 11.5. The molecule has 0 heterocycles. The Kier molecular flexibility index (Phi) is 4.49. The van der Waals surface area contributed by atoms with Crippen molar-refractivity contribution in [2.75, 3.05) is 11.5 Å². The van der Waals surface area contributed by atoms with Gasteiger partial charge in [-0.3, -0.25) is 0 Å². The molecule has 0 amide bonds. The molecule has 2 atom stereocenters. The third-order valence-corrected chi connectivity index (χ3v) is 3.50. The second-order valence-corrected chi connectivity index (χ2v) is 5.04. The molecule has 1 fully saturated rings. The molecule has 88 valence electrons. The minimum atomic E-state index is -4.05. The molecule has 1 aliphatic carbocycles. The first kappa shape index (κ1) is 12.9. The lowest BCUT2D eigenvalue weighted by atomic mass is 10.2. The van der Waals surface area contributed by atoms with Gasteiger partial charge in [0.25, 0.3) is 0 Å². The van der Waals surface area contributed by atoms with E-state index in [0.717, 1.165) is 12.8 Å². The van der Waals surface area contributed by atoms with Gasteiger partial charge >= 0.3 is 6.18 Å². The first-order valence-corrected chi connectivity index (χ1v) is 6.04.